The summed E-state index contributed by atoms with van der Waals surface area (Å²) in [6.45, 7) is 19.7. The van der Waals surface area contributed by atoms with Crippen molar-refractivity contribution in [3.63, 3.8) is 0 Å². The first kappa shape index (κ1) is 17.0. The lowest BCUT2D eigenvalue weighted by Gasteiger charge is -2.46. The van der Waals surface area contributed by atoms with Crippen LogP contribution in [0.4, 0.5) is 0 Å². The van der Waals surface area contributed by atoms with Crippen LogP contribution in [0.25, 0.3) is 0 Å². The molecular formula is C17H36N2. The lowest BCUT2D eigenvalue weighted by Crippen LogP contribution is -2.58. The molecule has 0 aromatic carbocycles. The second-order valence-electron chi connectivity index (χ2n) is 8.45. The van der Waals surface area contributed by atoms with E-state index in [2.05, 4.69) is 53.4 Å². The van der Waals surface area contributed by atoms with Crippen molar-refractivity contribution in [3.05, 3.63) is 0 Å². The molecule has 1 saturated carbocycles. The molecule has 0 aromatic heterocycles. The summed E-state index contributed by atoms with van der Waals surface area (Å²) in [5.74, 6) is 2.11. The molecule has 0 bridgehead atoms. The summed E-state index contributed by atoms with van der Waals surface area (Å²) < 4.78 is 0. The van der Waals surface area contributed by atoms with Crippen LogP contribution in [0, 0.1) is 23.2 Å². The average Bonchev–Trinajstić information content (AvgIpc) is 2.46. The van der Waals surface area contributed by atoms with Gasteiger partial charge in [0.2, 0.25) is 0 Å². The van der Waals surface area contributed by atoms with E-state index in [1.807, 2.05) is 0 Å². The summed E-state index contributed by atoms with van der Waals surface area (Å²) in [5, 5.41) is 0. The Balaban J connectivity index is 3.00. The third-order valence-corrected chi connectivity index (χ3v) is 4.72. The molecule has 0 aliphatic heterocycles. The number of rotatable bonds is 6. The highest BCUT2D eigenvalue weighted by Crippen LogP contribution is 2.50. The van der Waals surface area contributed by atoms with Crippen LogP contribution in [0.5, 0.6) is 0 Å². The topological polar surface area (TPSA) is 29.3 Å². The SMILES string of the molecule is CC(C)CN(CC(C)C)C1(CN)CC(C)(C)CC1C. The monoisotopic (exact) mass is 268 g/mol. The molecule has 2 unspecified atom stereocenters. The maximum Gasteiger partial charge on any atom is 0.0362 e. The van der Waals surface area contributed by atoms with Crippen molar-refractivity contribution in [2.75, 3.05) is 19.6 Å². The summed E-state index contributed by atoms with van der Waals surface area (Å²) in [6.07, 6.45) is 2.55. The highest BCUT2D eigenvalue weighted by atomic mass is 15.2. The Morgan fingerprint density at radius 1 is 1.11 bits per heavy atom. The Hall–Kier alpha value is -0.0800. The summed E-state index contributed by atoms with van der Waals surface area (Å²) in [5.41, 5.74) is 6.95. The first-order valence-electron chi connectivity index (χ1n) is 8.08. The number of hydrogen-bond donors (Lipinski definition) is 1. The second-order valence-corrected chi connectivity index (χ2v) is 8.45. The van der Waals surface area contributed by atoms with E-state index in [1.54, 1.807) is 0 Å². The first-order chi connectivity index (χ1) is 8.63. The van der Waals surface area contributed by atoms with Gasteiger partial charge in [0.25, 0.3) is 0 Å². The maximum atomic E-state index is 6.29. The van der Waals surface area contributed by atoms with Gasteiger partial charge in [-0.2, -0.15) is 0 Å². The zero-order valence-corrected chi connectivity index (χ0v) is 14.3. The quantitative estimate of drug-likeness (QED) is 0.795. The minimum absolute atomic E-state index is 0.220. The fraction of sp³-hybridized carbons (Fsp3) is 1.00. The van der Waals surface area contributed by atoms with Crippen LogP contribution in [0.2, 0.25) is 0 Å². The zero-order chi connectivity index (χ0) is 14.8. The molecule has 0 aromatic rings. The molecule has 114 valence electrons. The molecule has 0 amide bonds. The molecule has 2 nitrogen and oxygen atoms in total. The molecule has 1 aliphatic rings. The molecule has 1 fully saturated rings. The highest BCUT2D eigenvalue weighted by molar-refractivity contribution is 5.06. The summed E-state index contributed by atoms with van der Waals surface area (Å²) in [4.78, 5) is 2.72. The smallest absolute Gasteiger partial charge is 0.0362 e. The minimum Gasteiger partial charge on any atom is -0.329 e. The van der Waals surface area contributed by atoms with Crippen molar-refractivity contribution < 1.29 is 0 Å². The molecule has 0 spiro atoms. The van der Waals surface area contributed by atoms with E-state index in [-0.39, 0.29) is 5.54 Å². The number of nitrogens with two attached hydrogens (primary N) is 1. The van der Waals surface area contributed by atoms with Gasteiger partial charge in [0.15, 0.2) is 0 Å². The minimum atomic E-state index is 0.220. The van der Waals surface area contributed by atoms with Crippen LogP contribution in [-0.4, -0.2) is 30.1 Å². The molecule has 1 rings (SSSR count). The summed E-state index contributed by atoms with van der Waals surface area (Å²) >= 11 is 0. The van der Waals surface area contributed by atoms with Crippen LogP contribution in [0.1, 0.15) is 61.3 Å². The van der Waals surface area contributed by atoms with E-state index >= 15 is 0 Å². The summed E-state index contributed by atoms with van der Waals surface area (Å²) in [7, 11) is 0. The number of nitrogens with zero attached hydrogens (tertiary/aromatic N) is 1. The van der Waals surface area contributed by atoms with Gasteiger partial charge < -0.3 is 5.73 Å². The van der Waals surface area contributed by atoms with Crippen LogP contribution in [0.3, 0.4) is 0 Å². The Bertz CT molecular complexity index is 273. The van der Waals surface area contributed by atoms with Gasteiger partial charge in [-0.3, -0.25) is 4.90 Å². The largest absolute Gasteiger partial charge is 0.329 e. The predicted octanol–water partition coefficient (Wildman–Crippen LogP) is 3.75. The average molecular weight is 268 g/mol. The van der Waals surface area contributed by atoms with Crippen LogP contribution < -0.4 is 5.73 Å². The van der Waals surface area contributed by atoms with Crippen molar-refractivity contribution in [2.24, 2.45) is 28.9 Å². The molecule has 2 N–H and O–H groups in total. The van der Waals surface area contributed by atoms with E-state index in [4.69, 9.17) is 5.73 Å². The van der Waals surface area contributed by atoms with Gasteiger partial charge in [-0.1, -0.05) is 48.5 Å². The molecule has 2 heteroatoms. The third kappa shape index (κ3) is 3.95. The van der Waals surface area contributed by atoms with Gasteiger partial charge in [0.1, 0.15) is 0 Å². The van der Waals surface area contributed by atoms with E-state index < -0.39 is 0 Å². The van der Waals surface area contributed by atoms with Crippen molar-refractivity contribution in [1.82, 2.24) is 4.90 Å². The van der Waals surface area contributed by atoms with Gasteiger partial charge in [-0.05, 0) is 36.0 Å². The third-order valence-electron chi connectivity index (χ3n) is 4.72. The molecule has 0 radical (unpaired) electrons. The van der Waals surface area contributed by atoms with Crippen molar-refractivity contribution in [3.8, 4) is 0 Å². The van der Waals surface area contributed by atoms with E-state index in [9.17, 15) is 0 Å². The second kappa shape index (κ2) is 6.13. The first-order valence-corrected chi connectivity index (χ1v) is 8.08. The molecule has 2 atom stereocenters. The fourth-order valence-electron chi connectivity index (χ4n) is 4.24. The lowest BCUT2D eigenvalue weighted by atomic mass is 9.83. The normalized spacial score (nSPS) is 30.8. The van der Waals surface area contributed by atoms with Crippen LogP contribution in [0.15, 0.2) is 0 Å². The van der Waals surface area contributed by atoms with Crippen LogP contribution in [-0.2, 0) is 0 Å². The zero-order valence-electron chi connectivity index (χ0n) is 14.3. The van der Waals surface area contributed by atoms with Gasteiger partial charge in [-0.15, -0.1) is 0 Å². The Labute approximate surface area is 121 Å². The Morgan fingerprint density at radius 3 is 1.84 bits per heavy atom. The molecule has 0 heterocycles. The standard InChI is InChI=1S/C17H36N2/c1-13(2)9-19(10-14(3)4)17(12-18)11-16(6,7)8-15(17)5/h13-15H,8-12,18H2,1-7H3. The van der Waals surface area contributed by atoms with Gasteiger partial charge >= 0.3 is 0 Å². The predicted molar refractivity (Wildman–Crippen MR) is 85.2 cm³/mol. The molecule has 19 heavy (non-hydrogen) atoms. The molecule has 0 saturated heterocycles. The highest BCUT2D eigenvalue weighted by Gasteiger charge is 2.51. The molecule has 1 aliphatic carbocycles. The Morgan fingerprint density at radius 2 is 1.58 bits per heavy atom. The molecular weight excluding hydrogens is 232 g/mol. The van der Waals surface area contributed by atoms with Crippen LogP contribution >= 0.6 is 0 Å². The van der Waals surface area contributed by atoms with E-state index in [0.29, 0.717) is 23.2 Å². The van der Waals surface area contributed by atoms with E-state index in [1.165, 1.54) is 25.9 Å². The van der Waals surface area contributed by atoms with E-state index in [0.717, 1.165) is 6.54 Å². The number of hydrogen-bond acceptors (Lipinski definition) is 2. The fourth-order valence-corrected chi connectivity index (χ4v) is 4.24. The summed E-state index contributed by atoms with van der Waals surface area (Å²) in [6, 6.07) is 0. The van der Waals surface area contributed by atoms with Crippen molar-refractivity contribution in [2.45, 2.75) is 66.8 Å². The van der Waals surface area contributed by atoms with Gasteiger partial charge in [0.05, 0.1) is 0 Å². The van der Waals surface area contributed by atoms with Crippen molar-refractivity contribution >= 4 is 0 Å². The van der Waals surface area contributed by atoms with Gasteiger partial charge in [-0.25, -0.2) is 0 Å². The Kier molecular flexibility index (Phi) is 5.48. The maximum absolute atomic E-state index is 6.29. The lowest BCUT2D eigenvalue weighted by molar-refractivity contribution is 0.0375. The van der Waals surface area contributed by atoms with Gasteiger partial charge in [0, 0.05) is 25.2 Å². The van der Waals surface area contributed by atoms with Crippen molar-refractivity contribution in [1.29, 1.82) is 0 Å².